The normalized spacial score (nSPS) is 13.8. The molecule has 0 spiro atoms. The Labute approximate surface area is 84.0 Å². The van der Waals surface area contributed by atoms with Gasteiger partial charge in [0.15, 0.2) is 0 Å². The molecule has 3 heteroatoms. The zero-order chi connectivity index (χ0) is 10.8. The van der Waals surface area contributed by atoms with Crippen molar-refractivity contribution in [2.45, 2.75) is 25.6 Å². The minimum Gasteiger partial charge on any atom is -0.497 e. The number of rotatable bonds is 3. The monoisotopic (exact) mass is 196 g/mol. The molecule has 0 heterocycles. The summed E-state index contributed by atoms with van der Waals surface area (Å²) in [7, 11) is 1.58. The van der Waals surface area contributed by atoms with Crippen LogP contribution in [-0.4, -0.2) is 22.9 Å². The SMILES string of the molecule is COc1ccc([C@H](O)C(C)(C)O)cc1. The molecule has 2 N–H and O–H groups in total. The fraction of sp³-hybridized carbons (Fsp3) is 0.455. The van der Waals surface area contributed by atoms with Gasteiger partial charge < -0.3 is 14.9 Å². The third kappa shape index (κ3) is 2.47. The summed E-state index contributed by atoms with van der Waals surface area (Å²) in [5.41, 5.74) is -0.451. The minimum atomic E-state index is -1.13. The van der Waals surface area contributed by atoms with Gasteiger partial charge in [-0.2, -0.15) is 0 Å². The number of hydrogen-bond acceptors (Lipinski definition) is 3. The highest BCUT2D eigenvalue weighted by atomic mass is 16.5. The van der Waals surface area contributed by atoms with Gasteiger partial charge in [-0.05, 0) is 31.5 Å². The molecule has 1 aromatic carbocycles. The van der Waals surface area contributed by atoms with Crippen molar-refractivity contribution < 1.29 is 14.9 Å². The lowest BCUT2D eigenvalue weighted by Crippen LogP contribution is -2.28. The van der Waals surface area contributed by atoms with Gasteiger partial charge in [0.25, 0.3) is 0 Å². The number of aliphatic hydroxyl groups excluding tert-OH is 1. The first-order valence-electron chi connectivity index (χ1n) is 4.49. The van der Waals surface area contributed by atoms with E-state index in [4.69, 9.17) is 4.74 Å². The van der Waals surface area contributed by atoms with Crippen LogP contribution in [0, 0.1) is 0 Å². The molecular weight excluding hydrogens is 180 g/mol. The van der Waals surface area contributed by atoms with E-state index in [1.54, 1.807) is 45.2 Å². The van der Waals surface area contributed by atoms with Crippen LogP contribution in [0.3, 0.4) is 0 Å². The van der Waals surface area contributed by atoms with Gasteiger partial charge in [0.05, 0.1) is 12.7 Å². The summed E-state index contributed by atoms with van der Waals surface area (Å²) in [6.45, 7) is 3.14. The molecule has 3 nitrogen and oxygen atoms in total. The summed E-state index contributed by atoms with van der Waals surface area (Å²) in [4.78, 5) is 0. The summed E-state index contributed by atoms with van der Waals surface area (Å²) in [5, 5.41) is 19.3. The van der Waals surface area contributed by atoms with Crippen LogP contribution in [0.15, 0.2) is 24.3 Å². The van der Waals surface area contributed by atoms with Crippen LogP contribution in [0.5, 0.6) is 5.75 Å². The molecule has 0 unspecified atom stereocenters. The van der Waals surface area contributed by atoms with E-state index in [0.717, 1.165) is 5.75 Å². The van der Waals surface area contributed by atoms with Crippen molar-refractivity contribution in [3.05, 3.63) is 29.8 Å². The van der Waals surface area contributed by atoms with E-state index < -0.39 is 11.7 Å². The van der Waals surface area contributed by atoms with Gasteiger partial charge in [-0.3, -0.25) is 0 Å². The lowest BCUT2D eigenvalue weighted by Gasteiger charge is -2.24. The minimum absolute atomic E-state index is 0.679. The number of aliphatic hydroxyl groups is 2. The molecule has 0 saturated carbocycles. The molecule has 0 radical (unpaired) electrons. The molecule has 0 fully saturated rings. The molecule has 0 aliphatic rings. The topological polar surface area (TPSA) is 49.7 Å². The molecule has 1 rings (SSSR count). The predicted molar refractivity (Wildman–Crippen MR) is 54.3 cm³/mol. The molecule has 0 amide bonds. The van der Waals surface area contributed by atoms with Crippen molar-refractivity contribution in [2.75, 3.05) is 7.11 Å². The number of benzene rings is 1. The maximum atomic E-state index is 9.73. The molecule has 0 aromatic heterocycles. The average molecular weight is 196 g/mol. The summed E-state index contributed by atoms with van der Waals surface area (Å²) < 4.78 is 4.99. The third-order valence-electron chi connectivity index (χ3n) is 2.10. The van der Waals surface area contributed by atoms with Crippen LogP contribution < -0.4 is 4.74 Å². The van der Waals surface area contributed by atoms with Crippen LogP contribution in [0.1, 0.15) is 25.5 Å². The Morgan fingerprint density at radius 2 is 1.71 bits per heavy atom. The Kier molecular flexibility index (Phi) is 3.13. The summed E-state index contributed by atoms with van der Waals surface area (Å²) in [6.07, 6.45) is -0.881. The molecule has 0 aliphatic heterocycles. The standard InChI is InChI=1S/C11H16O3/c1-11(2,13)10(12)8-4-6-9(14-3)7-5-8/h4-7,10,12-13H,1-3H3/t10-/m0/s1. The molecule has 14 heavy (non-hydrogen) atoms. The van der Waals surface area contributed by atoms with Gasteiger partial charge in [0.1, 0.15) is 11.9 Å². The van der Waals surface area contributed by atoms with E-state index in [2.05, 4.69) is 0 Å². The molecule has 0 aliphatic carbocycles. The summed E-state index contributed by atoms with van der Waals surface area (Å²) in [6, 6.07) is 6.98. The van der Waals surface area contributed by atoms with E-state index >= 15 is 0 Å². The van der Waals surface area contributed by atoms with Crippen LogP contribution >= 0.6 is 0 Å². The lowest BCUT2D eigenvalue weighted by atomic mass is 9.95. The quantitative estimate of drug-likeness (QED) is 0.770. The first kappa shape index (κ1) is 11.0. The maximum absolute atomic E-state index is 9.73. The molecular formula is C11H16O3. The number of hydrogen-bond donors (Lipinski definition) is 2. The third-order valence-corrected chi connectivity index (χ3v) is 2.10. The fourth-order valence-corrected chi connectivity index (χ4v) is 1.19. The number of methoxy groups -OCH3 is 1. The summed E-state index contributed by atoms with van der Waals surface area (Å²) >= 11 is 0. The van der Waals surface area contributed by atoms with Gasteiger partial charge in [-0.25, -0.2) is 0 Å². The number of ether oxygens (including phenoxy) is 1. The van der Waals surface area contributed by atoms with Gasteiger partial charge >= 0.3 is 0 Å². The molecule has 1 atom stereocenters. The van der Waals surface area contributed by atoms with E-state index in [9.17, 15) is 10.2 Å². The van der Waals surface area contributed by atoms with Crippen molar-refractivity contribution in [3.63, 3.8) is 0 Å². The predicted octanol–water partition coefficient (Wildman–Crippen LogP) is 1.50. The largest absolute Gasteiger partial charge is 0.497 e. The van der Waals surface area contributed by atoms with E-state index in [1.807, 2.05) is 0 Å². The second-order valence-corrected chi connectivity index (χ2v) is 3.83. The molecule has 0 saturated heterocycles. The first-order valence-corrected chi connectivity index (χ1v) is 4.49. The second-order valence-electron chi connectivity index (χ2n) is 3.83. The Morgan fingerprint density at radius 1 is 1.21 bits per heavy atom. The molecule has 78 valence electrons. The fourth-order valence-electron chi connectivity index (χ4n) is 1.19. The van der Waals surface area contributed by atoms with Crippen molar-refractivity contribution in [1.29, 1.82) is 0 Å². The zero-order valence-corrected chi connectivity index (χ0v) is 8.69. The maximum Gasteiger partial charge on any atom is 0.118 e. The second kappa shape index (κ2) is 3.98. The van der Waals surface area contributed by atoms with Crippen LogP contribution in [0.4, 0.5) is 0 Å². The van der Waals surface area contributed by atoms with Gasteiger partial charge in [-0.1, -0.05) is 12.1 Å². The lowest BCUT2D eigenvalue weighted by molar-refractivity contribution is -0.0497. The molecule has 1 aromatic rings. The first-order chi connectivity index (χ1) is 6.45. The van der Waals surface area contributed by atoms with Crippen molar-refractivity contribution in [2.24, 2.45) is 0 Å². The van der Waals surface area contributed by atoms with Gasteiger partial charge in [0, 0.05) is 0 Å². The Morgan fingerprint density at radius 3 is 2.07 bits per heavy atom. The Hall–Kier alpha value is -1.06. The van der Waals surface area contributed by atoms with E-state index in [0.29, 0.717) is 5.56 Å². The smallest absolute Gasteiger partial charge is 0.118 e. The van der Waals surface area contributed by atoms with Gasteiger partial charge in [-0.15, -0.1) is 0 Å². The van der Waals surface area contributed by atoms with Crippen LogP contribution in [0.25, 0.3) is 0 Å². The average Bonchev–Trinajstić information content (AvgIpc) is 2.15. The van der Waals surface area contributed by atoms with Crippen molar-refractivity contribution >= 4 is 0 Å². The van der Waals surface area contributed by atoms with Crippen molar-refractivity contribution in [3.8, 4) is 5.75 Å². The van der Waals surface area contributed by atoms with Crippen LogP contribution in [-0.2, 0) is 0 Å². The van der Waals surface area contributed by atoms with Crippen molar-refractivity contribution in [1.82, 2.24) is 0 Å². The summed E-state index contributed by atoms with van der Waals surface area (Å²) in [5.74, 6) is 0.733. The highest BCUT2D eigenvalue weighted by Gasteiger charge is 2.25. The zero-order valence-electron chi connectivity index (χ0n) is 8.69. The van der Waals surface area contributed by atoms with Gasteiger partial charge in [0.2, 0.25) is 0 Å². The molecule has 0 bridgehead atoms. The Bertz CT molecular complexity index is 284. The highest BCUT2D eigenvalue weighted by Crippen LogP contribution is 2.26. The highest BCUT2D eigenvalue weighted by molar-refractivity contribution is 5.29. The Balaban J connectivity index is 2.87. The van der Waals surface area contributed by atoms with Crippen LogP contribution in [0.2, 0.25) is 0 Å². The van der Waals surface area contributed by atoms with E-state index in [-0.39, 0.29) is 0 Å². The van der Waals surface area contributed by atoms with E-state index in [1.165, 1.54) is 0 Å².